The largest absolute Gasteiger partial charge is 0.446 e. The van der Waals surface area contributed by atoms with Crippen LogP contribution in [-0.2, 0) is 10.4 Å². The molecule has 66 valence electrons. The Bertz CT molecular complexity index is 356. The van der Waals surface area contributed by atoms with Crippen LogP contribution in [0.5, 0.6) is 5.75 Å². The van der Waals surface area contributed by atoms with Crippen LogP contribution in [0.2, 0.25) is 0 Å². The quantitative estimate of drug-likeness (QED) is 0.520. The molecular formula is C6H7NO4S. The molecule has 0 amide bonds. The van der Waals surface area contributed by atoms with Crippen LogP contribution in [0.3, 0.4) is 0 Å². The van der Waals surface area contributed by atoms with E-state index in [1.165, 1.54) is 24.3 Å². The first-order valence-corrected chi connectivity index (χ1v) is 4.36. The smallest absolute Gasteiger partial charge is 0.399 e. The number of benzene rings is 1. The van der Waals surface area contributed by atoms with Crippen molar-refractivity contribution in [3.63, 3.8) is 0 Å². The molecule has 0 unspecified atom stereocenters. The fourth-order valence-corrected chi connectivity index (χ4v) is 0.999. The van der Waals surface area contributed by atoms with E-state index in [2.05, 4.69) is 4.18 Å². The van der Waals surface area contributed by atoms with E-state index in [1.54, 1.807) is 0 Å². The molecule has 1 aromatic rings. The summed E-state index contributed by atoms with van der Waals surface area (Å²) in [6.07, 6.45) is 0. The molecule has 5 nitrogen and oxygen atoms in total. The molecule has 0 aliphatic rings. The molecule has 0 saturated heterocycles. The predicted octanol–water partition coefficient (Wildman–Crippen LogP) is 0.450. The molecule has 0 radical (unpaired) electrons. The third-order valence-electron chi connectivity index (χ3n) is 1.08. The average Bonchev–Trinajstić information content (AvgIpc) is 1.91. The van der Waals surface area contributed by atoms with Gasteiger partial charge in [-0.1, -0.05) is 0 Å². The molecule has 0 heterocycles. The highest BCUT2D eigenvalue weighted by atomic mass is 32.3. The second kappa shape index (κ2) is 3.00. The van der Waals surface area contributed by atoms with Crippen molar-refractivity contribution in [2.24, 2.45) is 0 Å². The topological polar surface area (TPSA) is 89.6 Å². The van der Waals surface area contributed by atoms with Gasteiger partial charge in [0.25, 0.3) is 0 Å². The lowest BCUT2D eigenvalue weighted by Gasteiger charge is -2.00. The van der Waals surface area contributed by atoms with E-state index in [0.717, 1.165) is 0 Å². The zero-order chi connectivity index (χ0) is 9.19. The van der Waals surface area contributed by atoms with Gasteiger partial charge in [-0.25, -0.2) is 0 Å². The first-order chi connectivity index (χ1) is 5.47. The number of nitrogen functional groups attached to an aromatic ring is 1. The molecule has 0 aliphatic heterocycles. The maximum absolute atomic E-state index is 10.2. The third-order valence-corrected chi connectivity index (χ3v) is 1.48. The minimum atomic E-state index is -4.43. The van der Waals surface area contributed by atoms with Gasteiger partial charge in [-0.05, 0) is 24.3 Å². The number of anilines is 1. The highest BCUT2D eigenvalue weighted by Crippen LogP contribution is 2.14. The SMILES string of the molecule is Nc1ccc(OS(=O)(=O)O)cc1. The summed E-state index contributed by atoms with van der Waals surface area (Å²) >= 11 is 0. The lowest BCUT2D eigenvalue weighted by atomic mass is 10.3. The molecule has 0 aliphatic carbocycles. The summed E-state index contributed by atoms with van der Waals surface area (Å²) in [5.41, 5.74) is 5.81. The minimum absolute atomic E-state index is 0.0201. The van der Waals surface area contributed by atoms with Gasteiger partial charge in [0, 0.05) is 5.69 Å². The Labute approximate surface area is 69.7 Å². The van der Waals surface area contributed by atoms with Crippen molar-refractivity contribution < 1.29 is 17.2 Å². The molecule has 0 fully saturated rings. The van der Waals surface area contributed by atoms with E-state index < -0.39 is 10.4 Å². The van der Waals surface area contributed by atoms with Crippen LogP contribution in [0.25, 0.3) is 0 Å². The van der Waals surface area contributed by atoms with E-state index in [0.29, 0.717) is 5.69 Å². The molecule has 0 bridgehead atoms. The molecule has 1 rings (SSSR count). The molecule has 6 heteroatoms. The summed E-state index contributed by atoms with van der Waals surface area (Å²) in [7, 11) is -4.43. The monoisotopic (exact) mass is 189 g/mol. The summed E-state index contributed by atoms with van der Waals surface area (Å²) in [4.78, 5) is 0. The molecule has 0 saturated carbocycles. The van der Waals surface area contributed by atoms with Gasteiger partial charge < -0.3 is 9.92 Å². The lowest BCUT2D eigenvalue weighted by Crippen LogP contribution is -2.06. The van der Waals surface area contributed by atoms with Gasteiger partial charge in [-0.15, -0.1) is 0 Å². The Morgan fingerprint density at radius 3 is 2.17 bits per heavy atom. The van der Waals surface area contributed by atoms with Crippen LogP contribution < -0.4 is 9.92 Å². The maximum Gasteiger partial charge on any atom is 0.446 e. The summed E-state index contributed by atoms with van der Waals surface area (Å²) in [5.74, 6) is 0.0201. The van der Waals surface area contributed by atoms with Crippen molar-refractivity contribution in [3.8, 4) is 5.75 Å². The Balaban J connectivity index is 2.85. The van der Waals surface area contributed by atoms with Crippen LogP contribution in [0.15, 0.2) is 24.3 Å². The number of hydrogen-bond donors (Lipinski definition) is 2. The second-order valence-corrected chi connectivity index (χ2v) is 3.10. The molecule has 0 atom stereocenters. The van der Waals surface area contributed by atoms with Crippen molar-refractivity contribution in [1.82, 2.24) is 0 Å². The Kier molecular flexibility index (Phi) is 2.20. The van der Waals surface area contributed by atoms with Crippen molar-refractivity contribution in [1.29, 1.82) is 0 Å². The predicted molar refractivity (Wildman–Crippen MR) is 43.0 cm³/mol. The third kappa shape index (κ3) is 2.77. The highest BCUT2D eigenvalue weighted by molar-refractivity contribution is 7.81. The summed E-state index contributed by atoms with van der Waals surface area (Å²) in [6.45, 7) is 0. The van der Waals surface area contributed by atoms with Crippen LogP contribution in [0.1, 0.15) is 0 Å². The number of hydrogen-bond acceptors (Lipinski definition) is 4. The maximum atomic E-state index is 10.2. The van der Waals surface area contributed by atoms with Crippen LogP contribution in [0.4, 0.5) is 5.69 Å². The van der Waals surface area contributed by atoms with Crippen LogP contribution in [0, 0.1) is 0 Å². The molecule has 12 heavy (non-hydrogen) atoms. The zero-order valence-corrected chi connectivity index (χ0v) is 6.78. The average molecular weight is 189 g/mol. The molecule has 0 spiro atoms. The number of nitrogens with two attached hydrogens (primary N) is 1. The minimum Gasteiger partial charge on any atom is -0.399 e. The second-order valence-electron chi connectivity index (χ2n) is 2.08. The van der Waals surface area contributed by atoms with Crippen LogP contribution >= 0.6 is 0 Å². The van der Waals surface area contributed by atoms with Gasteiger partial charge >= 0.3 is 10.4 Å². The Morgan fingerprint density at radius 1 is 1.25 bits per heavy atom. The summed E-state index contributed by atoms with van der Waals surface area (Å²) in [6, 6.07) is 5.59. The highest BCUT2D eigenvalue weighted by Gasteiger charge is 2.05. The molecule has 0 aromatic heterocycles. The van der Waals surface area contributed by atoms with E-state index in [9.17, 15) is 8.42 Å². The Hall–Kier alpha value is -1.27. The Morgan fingerprint density at radius 2 is 1.75 bits per heavy atom. The van der Waals surface area contributed by atoms with Gasteiger partial charge in [-0.3, -0.25) is 4.55 Å². The van der Waals surface area contributed by atoms with Gasteiger partial charge in [0.1, 0.15) is 5.75 Å². The molecular weight excluding hydrogens is 182 g/mol. The van der Waals surface area contributed by atoms with Crippen molar-refractivity contribution in [2.75, 3.05) is 5.73 Å². The van der Waals surface area contributed by atoms with Gasteiger partial charge in [0.15, 0.2) is 0 Å². The van der Waals surface area contributed by atoms with Gasteiger partial charge in [-0.2, -0.15) is 8.42 Å². The number of rotatable bonds is 2. The molecule has 3 N–H and O–H groups in total. The van der Waals surface area contributed by atoms with Crippen molar-refractivity contribution in [2.45, 2.75) is 0 Å². The fourth-order valence-electron chi connectivity index (χ4n) is 0.645. The van der Waals surface area contributed by atoms with Gasteiger partial charge in [0.2, 0.25) is 0 Å². The van der Waals surface area contributed by atoms with Crippen LogP contribution in [-0.4, -0.2) is 13.0 Å². The van der Waals surface area contributed by atoms with E-state index >= 15 is 0 Å². The fraction of sp³-hybridized carbons (Fsp3) is 0. The van der Waals surface area contributed by atoms with Gasteiger partial charge in [0.05, 0.1) is 0 Å². The van der Waals surface area contributed by atoms with E-state index in [-0.39, 0.29) is 5.75 Å². The summed E-state index contributed by atoms with van der Waals surface area (Å²) < 4.78 is 32.8. The van der Waals surface area contributed by atoms with E-state index in [1.807, 2.05) is 0 Å². The van der Waals surface area contributed by atoms with E-state index in [4.69, 9.17) is 10.3 Å². The van der Waals surface area contributed by atoms with Crippen molar-refractivity contribution in [3.05, 3.63) is 24.3 Å². The zero-order valence-electron chi connectivity index (χ0n) is 5.97. The first kappa shape index (κ1) is 8.82. The lowest BCUT2D eigenvalue weighted by molar-refractivity contribution is 0.387. The van der Waals surface area contributed by atoms with Crippen molar-refractivity contribution >= 4 is 16.1 Å². The first-order valence-electron chi connectivity index (χ1n) is 3.00. The standard InChI is InChI=1S/C6H7NO4S/c7-5-1-3-6(4-2-5)11-12(8,9)10/h1-4H,7H2,(H,8,9,10). The normalized spacial score (nSPS) is 11.1. The molecule has 1 aromatic carbocycles. The summed E-state index contributed by atoms with van der Waals surface area (Å²) in [5, 5.41) is 0.